The summed E-state index contributed by atoms with van der Waals surface area (Å²) in [4.78, 5) is 0. The van der Waals surface area contributed by atoms with Crippen molar-refractivity contribution in [1.82, 2.24) is 0 Å². The van der Waals surface area contributed by atoms with Crippen LogP contribution in [-0.4, -0.2) is 17.0 Å². The minimum Gasteiger partial charge on any atom is -0.364 e. The summed E-state index contributed by atoms with van der Waals surface area (Å²) in [6, 6.07) is 0. The van der Waals surface area contributed by atoms with E-state index in [0.29, 0.717) is 0 Å². The van der Waals surface area contributed by atoms with Crippen molar-refractivity contribution in [3.05, 3.63) is 11.6 Å². The topological polar surface area (TPSA) is 29.5 Å². The molecule has 1 atom stereocenters. The van der Waals surface area contributed by atoms with Gasteiger partial charge >= 0.3 is 0 Å². The normalized spacial score (nSPS) is 28.6. The molecule has 0 saturated carbocycles. The third-order valence-electron chi connectivity index (χ3n) is 2.99. The zero-order chi connectivity index (χ0) is 10.6. The van der Waals surface area contributed by atoms with E-state index in [1.54, 1.807) is 0 Å². The fraction of sp³-hybridized carbons (Fsp3) is 0.833. The summed E-state index contributed by atoms with van der Waals surface area (Å²) in [5.41, 5.74) is 0.969. The van der Waals surface area contributed by atoms with Crippen molar-refractivity contribution in [1.29, 1.82) is 0 Å². The molecule has 2 heteroatoms. The first-order chi connectivity index (χ1) is 6.67. The Morgan fingerprint density at radius 2 is 2.00 bits per heavy atom. The summed E-state index contributed by atoms with van der Waals surface area (Å²) in [6.07, 6.45) is 6.57. The molecule has 82 valence electrons. The monoisotopic (exact) mass is 198 g/mol. The number of rotatable bonds is 4. The first kappa shape index (κ1) is 11.7. The van der Waals surface area contributed by atoms with E-state index in [1.807, 2.05) is 13.0 Å². The lowest BCUT2D eigenvalue weighted by Gasteiger charge is -2.27. The van der Waals surface area contributed by atoms with Crippen LogP contribution < -0.4 is 0 Å². The average molecular weight is 198 g/mol. The van der Waals surface area contributed by atoms with E-state index in [9.17, 15) is 5.11 Å². The quantitative estimate of drug-likeness (QED) is 0.704. The van der Waals surface area contributed by atoms with Crippen molar-refractivity contribution < 1.29 is 9.84 Å². The van der Waals surface area contributed by atoms with Gasteiger partial charge in [0.1, 0.15) is 0 Å². The minimum absolute atomic E-state index is 0.0786. The zero-order valence-corrected chi connectivity index (χ0v) is 9.55. The molecule has 1 unspecified atom stereocenters. The van der Waals surface area contributed by atoms with Crippen LogP contribution in [0.3, 0.4) is 0 Å². The summed E-state index contributed by atoms with van der Waals surface area (Å²) in [5, 5.41) is 9.69. The van der Waals surface area contributed by atoms with E-state index < -0.39 is 6.29 Å². The van der Waals surface area contributed by atoms with Crippen LogP contribution in [-0.2, 0) is 4.74 Å². The second kappa shape index (κ2) is 4.94. The molecule has 1 aliphatic heterocycles. The van der Waals surface area contributed by atoms with Gasteiger partial charge in [-0.3, -0.25) is 0 Å². The number of allylic oxidation sites excluding steroid dienone is 1. The van der Waals surface area contributed by atoms with Gasteiger partial charge in [-0.2, -0.15) is 0 Å². The molecule has 0 amide bonds. The summed E-state index contributed by atoms with van der Waals surface area (Å²) in [7, 11) is 0. The standard InChI is InChI=1S/C12H22O2/c1-4-7-12(8-5-2)9-10(6-3)11(13)14-12/h6,11,13H,4-5,7-9H2,1-3H3/b10-6+. The molecule has 1 aliphatic rings. The first-order valence-electron chi connectivity index (χ1n) is 5.68. The zero-order valence-electron chi connectivity index (χ0n) is 9.55. The maximum absolute atomic E-state index is 9.69. The number of hydrogen-bond acceptors (Lipinski definition) is 2. The molecule has 2 nitrogen and oxygen atoms in total. The third kappa shape index (κ3) is 2.37. The van der Waals surface area contributed by atoms with E-state index in [2.05, 4.69) is 13.8 Å². The Labute approximate surface area is 87.0 Å². The molecular weight excluding hydrogens is 176 g/mol. The van der Waals surface area contributed by atoms with Crippen molar-refractivity contribution in [3.8, 4) is 0 Å². The SMILES string of the molecule is C/C=C1\CC(CCC)(CCC)OC1O. The second-order valence-corrected chi connectivity index (χ2v) is 4.19. The molecular formula is C12H22O2. The predicted octanol–water partition coefficient (Wildman–Crippen LogP) is 3.01. The smallest absolute Gasteiger partial charge is 0.177 e. The van der Waals surface area contributed by atoms with Crippen LogP contribution in [0.15, 0.2) is 11.6 Å². The molecule has 1 rings (SSSR count). The van der Waals surface area contributed by atoms with Crippen LogP contribution in [0.4, 0.5) is 0 Å². The molecule has 0 spiro atoms. The van der Waals surface area contributed by atoms with Gasteiger partial charge in [0.15, 0.2) is 6.29 Å². The van der Waals surface area contributed by atoms with Gasteiger partial charge in [-0.25, -0.2) is 0 Å². The van der Waals surface area contributed by atoms with Crippen LogP contribution in [0.2, 0.25) is 0 Å². The van der Waals surface area contributed by atoms with E-state index in [1.165, 1.54) is 0 Å². The van der Waals surface area contributed by atoms with E-state index in [-0.39, 0.29) is 5.60 Å². The van der Waals surface area contributed by atoms with Gasteiger partial charge in [0.25, 0.3) is 0 Å². The highest BCUT2D eigenvalue weighted by molar-refractivity contribution is 5.14. The Morgan fingerprint density at radius 1 is 1.43 bits per heavy atom. The lowest BCUT2D eigenvalue weighted by atomic mass is 9.88. The molecule has 0 aromatic carbocycles. The highest BCUT2D eigenvalue weighted by Crippen LogP contribution is 2.40. The van der Waals surface area contributed by atoms with Gasteiger partial charge in [-0.05, 0) is 25.3 Å². The highest BCUT2D eigenvalue weighted by Gasteiger charge is 2.40. The van der Waals surface area contributed by atoms with Crippen molar-refractivity contribution >= 4 is 0 Å². The molecule has 0 aromatic rings. The molecule has 1 fully saturated rings. The fourth-order valence-electron chi connectivity index (χ4n) is 2.39. The number of ether oxygens (including phenoxy) is 1. The molecule has 0 aliphatic carbocycles. The maximum atomic E-state index is 9.69. The van der Waals surface area contributed by atoms with Gasteiger partial charge in [0.05, 0.1) is 5.60 Å². The fourth-order valence-corrected chi connectivity index (χ4v) is 2.39. The summed E-state index contributed by atoms with van der Waals surface area (Å²) >= 11 is 0. The Kier molecular flexibility index (Phi) is 4.14. The van der Waals surface area contributed by atoms with Crippen LogP contribution in [0.25, 0.3) is 0 Å². The van der Waals surface area contributed by atoms with Crippen molar-refractivity contribution in [2.75, 3.05) is 0 Å². The summed E-state index contributed by atoms with van der Waals surface area (Å²) in [6.45, 7) is 6.30. The molecule has 0 radical (unpaired) electrons. The maximum Gasteiger partial charge on any atom is 0.177 e. The molecule has 1 heterocycles. The van der Waals surface area contributed by atoms with Crippen LogP contribution >= 0.6 is 0 Å². The van der Waals surface area contributed by atoms with Crippen LogP contribution in [0, 0.1) is 0 Å². The molecule has 1 saturated heterocycles. The number of aliphatic hydroxyl groups excluding tert-OH is 1. The molecule has 0 bridgehead atoms. The third-order valence-corrected chi connectivity index (χ3v) is 2.99. The molecule has 0 aromatic heterocycles. The van der Waals surface area contributed by atoms with Crippen LogP contribution in [0.1, 0.15) is 52.9 Å². The Morgan fingerprint density at radius 3 is 2.36 bits per heavy atom. The Hall–Kier alpha value is -0.340. The first-order valence-corrected chi connectivity index (χ1v) is 5.68. The van der Waals surface area contributed by atoms with Crippen molar-refractivity contribution in [3.63, 3.8) is 0 Å². The number of hydrogen-bond donors (Lipinski definition) is 1. The number of aliphatic hydroxyl groups is 1. The Bertz CT molecular complexity index is 202. The minimum atomic E-state index is -0.655. The van der Waals surface area contributed by atoms with Gasteiger partial charge in [-0.1, -0.05) is 32.8 Å². The largest absolute Gasteiger partial charge is 0.364 e. The summed E-state index contributed by atoms with van der Waals surface area (Å²) < 4.78 is 5.72. The molecule has 14 heavy (non-hydrogen) atoms. The molecule has 1 N–H and O–H groups in total. The van der Waals surface area contributed by atoms with Gasteiger partial charge in [-0.15, -0.1) is 0 Å². The van der Waals surface area contributed by atoms with Gasteiger partial charge < -0.3 is 9.84 Å². The van der Waals surface area contributed by atoms with E-state index in [4.69, 9.17) is 4.74 Å². The average Bonchev–Trinajstić information content (AvgIpc) is 2.44. The van der Waals surface area contributed by atoms with Gasteiger partial charge in [0.2, 0.25) is 0 Å². The van der Waals surface area contributed by atoms with Crippen molar-refractivity contribution in [2.24, 2.45) is 0 Å². The van der Waals surface area contributed by atoms with E-state index >= 15 is 0 Å². The lowest BCUT2D eigenvalue weighted by Crippen LogP contribution is -2.28. The lowest BCUT2D eigenvalue weighted by molar-refractivity contribution is -0.134. The Balaban J connectivity index is 2.71. The van der Waals surface area contributed by atoms with E-state index in [0.717, 1.165) is 37.7 Å². The van der Waals surface area contributed by atoms with Crippen LogP contribution in [0.5, 0.6) is 0 Å². The second-order valence-electron chi connectivity index (χ2n) is 4.19. The van der Waals surface area contributed by atoms with Gasteiger partial charge in [0, 0.05) is 6.42 Å². The van der Waals surface area contributed by atoms with Crippen molar-refractivity contribution in [2.45, 2.75) is 64.8 Å². The summed E-state index contributed by atoms with van der Waals surface area (Å²) in [5.74, 6) is 0. The highest BCUT2D eigenvalue weighted by atomic mass is 16.6. The predicted molar refractivity (Wildman–Crippen MR) is 58.0 cm³/mol.